The smallest absolute Gasteiger partial charge is 0.328 e. The molecule has 0 saturated heterocycles. The van der Waals surface area contributed by atoms with Crippen molar-refractivity contribution >= 4 is 23.8 Å². The van der Waals surface area contributed by atoms with Gasteiger partial charge in [-0.3, -0.25) is 0 Å². The number of hydrogen-bond donors (Lipinski definition) is 1. The van der Waals surface area contributed by atoms with Crippen molar-refractivity contribution in [3.63, 3.8) is 0 Å². The van der Waals surface area contributed by atoms with Gasteiger partial charge in [-0.05, 0) is 54.6 Å². The van der Waals surface area contributed by atoms with Gasteiger partial charge in [0, 0.05) is 11.0 Å². The van der Waals surface area contributed by atoms with Crippen LogP contribution in [0.25, 0.3) is 6.08 Å². The van der Waals surface area contributed by atoms with Crippen molar-refractivity contribution in [3.05, 3.63) is 59.7 Å². The Balaban J connectivity index is 2.22. The van der Waals surface area contributed by atoms with Gasteiger partial charge in [0.25, 0.3) is 0 Å². The summed E-state index contributed by atoms with van der Waals surface area (Å²) >= 11 is 1.63. The lowest BCUT2D eigenvalue weighted by Gasteiger charge is -2.11. The summed E-state index contributed by atoms with van der Waals surface area (Å²) in [5.41, 5.74) is 1.83. The van der Waals surface area contributed by atoms with Crippen LogP contribution in [0.4, 0.5) is 0 Å². The van der Waals surface area contributed by atoms with Crippen molar-refractivity contribution in [1.29, 1.82) is 0 Å². The molecule has 0 bridgehead atoms. The Morgan fingerprint density at radius 2 is 2.00 bits per heavy atom. The molecule has 1 N–H and O–H groups in total. The molecular weight excluding hydrogens is 284 g/mol. The van der Waals surface area contributed by atoms with E-state index in [9.17, 15) is 4.79 Å². The van der Waals surface area contributed by atoms with Crippen LogP contribution in [0.2, 0.25) is 0 Å². The molecule has 0 aromatic heterocycles. The molecule has 2 aromatic carbocycles. The Hall–Kier alpha value is -2.20. The van der Waals surface area contributed by atoms with Crippen molar-refractivity contribution in [2.45, 2.75) is 11.8 Å². The van der Waals surface area contributed by atoms with Crippen LogP contribution in [-0.2, 0) is 4.79 Å². The summed E-state index contributed by atoms with van der Waals surface area (Å²) in [5, 5.41) is 8.66. The predicted octanol–water partition coefficient (Wildman–Crippen LogP) is 4.61. The average molecular weight is 300 g/mol. The standard InChI is InChI=1S/C17H16O3S/c1-12-11-14(9-7-13(12)8-10-17(18)19)20-15-5-3-4-6-16(15)21-2/h3-11H,1-2H3,(H,18,19). The fraction of sp³-hybridized carbons (Fsp3) is 0.118. The maximum atomic E-state index is 10.5. The van der Waals surface area contributed by atoms with E-state index < -0.39 is 5.97 Å². The van der Waals surface area contributed by atoms with E-state index in [1.54, 1.807) is 17.8 Å². The highest BCUT2D eigenvalue weighted by Gasteiger charge is 2.04. The van der Waals surface area contributed by atoms with Gasteiger partial charge in [0.05, 0.1) is 0 Å². The molecular formula is C17H16O3S. The van der Waals surface area contributed by atoms with Gasteiger partial charge in [0.15, 0.2) is 0 Å². The molecule has 3 nitrogen and oxygen atoms in total. The second-order valence-electron chi connectivity index (χ2n) is 4.44. The average Bonchev–Trinajstić information content (AvgIpc) is 2.47. The van der Waals surface area contributed by atoms with E-state index in [-0.39, 0.29) is 0 Å². The van der Waals surface area contributed by atoms with Crippen molar-refractivity contribution in [2.75, 3.05) is 6.26 Å². The van der Waals surface area contributed by atoms with Crippen molar-refractivity contribution in [3.8, 4) is 11.5 Å². The van der Waals surface area contributed by atoms with Crippen LogP contribution >= 0.6 is 11.8 Å². The minimum atomic E-state index is -0.955. The normalized spacial score (nSPS) is 10.8. The summed E-state index contributed by atoms with van der Waals surface area (Å²) < 4.78 is 5.90. The number of carbonyl (C=O) groups is 1. The van der Waals surface area contributed by atoms with Crippen LogP contribution in [0.3, 0.4) is 0 Å². The Morgan fingerprint density at radius 3 is 2.67 bits per heavy atom. The summed E-state index contributed by atoms with van der Waals surface area (Å²) in [6.45, 7) is 1.93. The van der Waals surface area contributed by atoms with Gasteiger partial charge in [-0.25, -0.2) is 4.79 Å². The third-order valence-electron chi connectivity index (χ3n) is 2.94. The van der Waals surface area contributed by atoms with Gasteiger partial charge >= 0.3 is 5.97 Å². The summed E-state index contributed by atoms with van der Waals surface area (Å²) in [4.78, 5) is 11.6. The lowest BCUT2D eigenvalue weighted by Crippen LogP contribution is -1.90. The molecule has 2 rings (SSSR count). The van der Waals surface area contributed by atoms with Gasteiger partial charge in [0.2, 0.25) is 0 Å². The summed E-state index contributed by atoms with van der Waals surface area (Å²) in [6.07, 6.45) is 4.72. The Bertz CT molecular complexity index is 677. The van der Waals surface area contributed by atoms with Crippen LogP contribution in [0, 0.1) is 6.92 Å². The molecule has 0 heterocycles. The van der Waals surface area contributed by atoms with E-state index in [1.165, 1.54) is 0 Å². The molecule has 0 spiro atoms. The number of aryl methyl sites for hydroxylation is 1. The highest BCUT2D eigenvalue weighted by Crippen LogP contribution is 2.32. The predicted molar refractivity (Wildman–Crippen MR) is 86.1 cm³/mol. The minimum Gasteiger partial charge on any atom is -0.478 e. The first-order valence-corrected chi connectivity index (χ1v) is 7.65. The molecule has 0 aliphatic heterocycles. The SMILES string of the molecule is CSc1ccccc1Oc1ccc(C=CC(=O)O)c(C)c1. The molecule has 0 aliphatic rings. The van der Waals surface area contributed by atoms with E-state index >= 15 is 0 Å². The molecule has 0 amide bonds. The first-order valence-electron chi connectivity index (χ1n) is 6.42. The fourth-order valence-electron chi connectivity index (χ4n) is 1.89. The highest BCUT2D eigenvalue weighted by molar-refractivity contribution is 7.98. The second kappa shape index (κ2) is 6.99. The summed E-state index contributed by atoms with van der Waals surface area (Å²) in [5.74, 6) is 0.600. The number of carboxylic acid groups (broad SMARTS) is 1. The molecule has 2 aromatic rings. The van der Waals surface area contributed by atoms with E-state index in [2.05, 4.69) is 0 Å². The minimum absolute atomic E-state index is 0.737. The van der Waals surface area contributed by atoms with Crippen LogP contribution < -0.4 is 4.74 Å². The zero-order valence-electron chi connectivity index (χ0n) is 11.9. The van der Waals surface area contributed by atoms with E-state index in [0.717, 1.165) is 33.6 Å². The van der Waals surface area contributed by atoms with Crippen LogP contribution in [0.15, 0.2) is 53.4 Å². The molecule has 0 unspecified atom stereocenters. The van der Waals surface area contributed by atoms with Crippen molar-refractivity contribution in [1.82, 2.24) is 0 Å². The fourth-order valence-corrected chi connectivity index (χ4v) is 2.42. The van der Waals surface area contributed by atoms with Gasteiger partial charge < -0.3 is 9.84 Å². The Morgan fingerprint density at radius 1 is 1.24 bits per heavy atom. The molecule has 0 fully saturated rings. The number of hydrogen-bond acceptors (Lipinski definition) is 3. The second-order valence-corrected chi connectivity index (χ2v) is 5.29. The number of benzene rings is 2. The van der Waals surface area contributed by atoms with Gasteiger partial charge in [-0.15, -0.1) is 11.8 Å². The van der Waals surface area contributed by atoms with Crippen molar-refractivity contribution in [2.24, 2.45) is 0 Å². The number of carboxylic acids is 1. The Labute approximate surface area is 128 Å². The molecule has 21 heavy (non-hydrogen) atoms. The number of rotatable bonds is 5. The van der Waals surface area contributed by atoms with E-state index in [1.807, 2.05) is 55.6 Å². The van der Waals surface area contributed by atoms with Crippen molar-refractivity contribution < 1.29 is 14.6 Å². The first-order chi connectivity index (χ1) is 10.1. The third-order valence-corrected chi connectivity index (χ3v) is 3.72. The monoisotopic (exact) mass is 300 g/mol. The zero-order valence-corrected chi connectivity index (χ0v) is 12.7. The van der Waals surface area contributed by atoms with Crippen LogP contribution in [0.5, 0.6) is 11.5 Å². The largest absolute Gasteiger partial charge is 0.478 e. The third kappa shape index (κ3) is 4.13. The van der Waals surface area contributed by atoms with Gasteiger partial charge in [-0.2, -0.15) is 0 Å². The first kappa shape index (κ1) is 15.2. The topological polar surface area (TPSA) is 46.5 Å². The van der Waals surface area contributed by atoms with Crippen LogP contribution in [-0.4, -0.2) is 17.3 Å². The number of ether oxygens (including phenoxy) is 1. The zero-order chi connectivity index (χ0) is 15.2. The molecule has 0 atom stereocenters. The Kier molecular flexibility index (Phi) is 5.06. The summed E-state index contributed by atoms with van der Waals surface area (Å²) in [6, 6.07) is 13.4. The van der Waals surface area contributed by atoms with Gasteiger partial charge in [-0.1, -0.05) is 18.2 Å². The lowest BCUT2D eigenvalue weighted by atomic mass is 10.1. The van der Waals surface area contributed by atoms with Gasteiger partial charge in [0.1, 0.15) is 11.5 Å². The number of thioether (sulfide) groups is 1. The lowest BCUT2D eigenvalue weighted by molar-refractivity contribution is -0.131. The maximum absolute atomic E-state index is 10.5. The highest BCUT2D eigenvalue weighted by atomic mass is 32.2. The number of para-hydroxylation sites is 1. The number of aliphatic carboxylic acids is 1. The molecule has 4 heteroatoms. The molecule has 0 radical (unpaired) electrons. The maximum Gasteiger partial charge on any atom is 0.328 e. The van der Waals surface area contributed by atoms with E-state index in [4.69, 9.17) is 9.84 Å². The summed E-state index contributed by atoms with van der Waals surface area (Å²) in [7, 11) is 0. The van der Waals surface area contributed by atoms with E-state index in [0.29, 0.717) is 0 Å². The molecule has 0 aliphatic carbocycles. The molecule has 108 valence electrons. The quantitative estimate of drug-likeness (QED) is 0.647. The molecule has 0 saturated carbocycles. The van der Waals surface area contributed by atoms with Crippen LogP contribution in [0.1, 0.15) is 11.1 Å².